The molecule has 0 aliphatic carbocycles. The predicted octanol–water partition coefficient (Wildman–Crippen LogP) is 2.92. The molecule has 4 rings (SSSR count). The first-order valence-electron chi connectivity index (χ1n) is 9.29. The van der Waals surface area contributed by atoms with Gasteiger partial charge < -0.3 is 15.1 Å². The van der Waals surface area contributed by atoms with E-state index in [1.54, 1.807) is 12.4 Å². The molecule has 7 heteroatoms. The molecule has 3 aromatic rings. The van der Waals surface area contributed by atoms with E-state index in [2.05, 4.69) is 76.1 Å². The second-order valence-electron chi connectivity index (χ2n) is 7.30. The molecule has 27 heavy (non-hydrogen) atoms. The SMILES string of the molecule is Cc1ccc(Nc2nc(N3CCN(C)[C@H](C)C3)nc3nccnc23)cc1C. The van der Waals surface area contributed by atoms with Gasteiger partial charge in [0.25, 0.3) is 0 Å². The number of aryl methyl sites for hydroxylation is 2. The molecule has 3 heterocycles. The quantitative estimate of drug-likeness (QED) is 0.767. The second-order valence-corrected chi connectivity index (χ2v) is 7.30. The van der Waals surface area contributed by atoms with Crippen LogP contribution in [-0.2, 0) is 0 Å². The molecule has 1 aliphatic rings. The van der Waals surface area contributed by atoms with Crippen LogP contribution in [0.1, 0.15) is 18.1 Å². The van der Waals surface area contributed by atoms with Crippen molar-refractivity contribution >= 4 is 28.6 Å². The van der Waals surface area contributed by atoms with Crippen LogP contribution in [0.2, 0.25) is 0 Å². The maximum absolute atomic E-state index is 4.81. The van der Waals surface area contributed by atoms with Crippen LogP contribution in [0.5, 0.6) is 0 Å². The summed E-state index contributed by atoms with van der Waals surface area (Å²) in [5.41, 5.74) is 4.78. The molecule has 0 radical (unpaired) electrons. The van der Waals surface area contributed by atoms with Crippen LogP contribution in [0.25, 0.3) is 11.2 Å². The summed E-state index contributed by atoms with van der Waals surface area (Å²) in [6.07, 6.45) is 3.35. The Morgan fingerprint density at radius 2 is 1.85 bits per heavy atom. The molecule has 1 aromatic carbocycles. The maximum Gasteiger partial charge on any atom is 0.229 e. The Labute approximate surface area is 159 Å². The Kier molecular flexibility index (Phi) is 4.61. The highest BCUT2D eigenvalue weighted by molar-refractivity contribution is 5.85. The summed E-state index contributed by atoms with van der Waals surface area (Å²) in [5.74, 6) is 1.40. The van der Waals surface area contributed by atoms with Gasteiger partial charge in [-0.15, -0.1) is 0 Å². The molecule has 1 N–H and O–H groups in total. The third-order valence-electron chi connectivity index (χ3n) is 5.33. The first-order chi connectivity index (χ1) is 13.0. The van der Waals surface area contributed by atoms with Gasteiger partial charge in [-0.1, -0.05) is 6.07 Å². The molecule has 7 nitrogen and oxygen atoms in total. The van der Waals surface area contributed by atoms with Gasteiger partial charge in [0.1, 0.15) is 0 Å². The zero-order valence-corrected chi connectivity index (χ0v) is 16.3. The highest BCUT2D eigenvalue weighted by Gasteiger charge is 2.24. The second kappa shape index (κ2) is 7.08. The van der Waals surface area contributed by atoms with Crippen molar-refractivity contribution in [2.75, 3.05) is 36.9 Å². The fraction of sp³-hybridized carbons (Fsp3) is 0.400. The fourth-order valence-electron chi connectivity index (χ4n) is 3.27. The molecule has 1 atom stereocenters. The number of aromatic nitrogens is 4. The summed E-state index contributed by atoms with van der Waals surface area (Å²) >= 11 is 0. The van der Waals surface area contributed by atoms with E-state index in [-0.39, 0.29) is 0 Å². The molecular weight excluding hydrogens is 338 g/mol. The minimum Gasteiger partial charge on any atom is -0.338 e. The number of piperazine rings is 1. The summed E-state index contributed by atoms with van der Waals surface area (Å²) in [7, 11) is 2.15. The van der Waals surface area contributed by atoms with Crippen molar-refractivity contribution < 1.29 is 0 Å². The normalized spacial score (nSPS) is 18.1. The number of nitrogens with zero attached hydrogens (tertiary/aromatic N) is 6. The lowest BCUT2D eigenvalue weighted by Crippen LogP contribution is -2.50. The summed E-state index contributed by atoms with van der Waals surface area (Å²) in [6, 6.07) is 6.74. The Balaban J connectivity index is 1.73. The summed E-state index contributed by atoms with van der Waals surface area (Å²) in [5, 5.41) is 3.42. The summed E-state index contributed by atoms with van der Waals surface area (Å²) in [4.78, 5) is 22.9. The Morgan fingerprint density at radius 1 is 1.04 bits per heavy atom. The van der Waals surface area contributed by atoms with Gasteiger partial charge in [0.15, 0.2) is 17.0 Å². The number of benzene rings is 1. The lowest BCUT2D eigenvalue weighted by molar-refractivity contribution is 0.233. The van der Waals surface area contributed by atoms with Gasteiger partial charge in [0, 0.05) is 43.8 Å². The number of hydrogen-bond donors (Lipinski definition) is 1. The minimum absolute atomic E-state index is 0.455. The van der Waals surface area contributed by atoms with Crippen molar-refractivity contribution in [3.63, 3.8) is 0 Å². The van der Waals surface area contributed by atoms with Gasteiger partial charge in [0.05, 0.1) is 0 Å². The van der Waals surface area contributed by atoms with Gasteiger partial charge in [0.2, 0.25) is 5.95 Å². The molecule has 0 bridgehead atoms. The van der Waals surface area contributed by atoms with E-state index in [9.17, 15) is 0 Å². The minimum atomic E-state index is 0.455. The van der Waals surface area contributed by atoms with E-state index in [1.807, 2.05) is 0 Å². The zero-order chi connectivity index (χ0) is 19.0. The first-order valence-corrected chi connectivity index (χ1v) is 9.29. The monoisotopic (exact) mass is 363 g/mol. The van der Waals surface area contributed by atoms with E-state index in [1.165, 1.54) is 11.1 Å². The van der Waals surface area contributed by atoms with Gasteiger partial charge >= 0.3 is 0 Å². The first kappa shape index (κ1) is 17.6. The van der Waals surface area contributed by atoms with Gasteiger partial charge in [-0.3, -0.25) is 0 Å². The van der Waals surface area contributed by atoms with E-state index >= 15 is 0 Å². The van der Waals surface area contributed by atoms with Crippen LogP contribution < -0.4 is 10.2 Å². The van der Waals surface area contributed by atoms with Crippen molar-refractivity contribution in [1.29, 1.82) is 0 Å². The van der Waals surface area contributed by atoms with E-state index in [0.717, 1.165) is 25.3 Å². The van der Waals surface area contributed by atoms with Crippen LogP contribution in [0.3, 0.4) is 0 Å². The van der Waals surface area contributed by atoms with Crippen LogP contribution >= 0.6 is 0 Å². The van der Waals surface area contributed by atoms with Crippen LogP contribution in [0.15, 0.2) is 30.6 Å². The van der Waals surface area contributed by atoms with Crippen LogP contribution in [-0.4, -0.2) is 57.6 Å². The molecule has 140 valence electrons. The number of hydrogen-bond acceptors (Lipinski definition) is 7. The average molecular weight is 363 g/mol. The molecule has 0 spiro atoms. The van der Waals surface area contributed by atoms with Crippen LogP contribution in [0.4, 0.5) is 17.5 Å². The summed E-state index contributed by atoms with van der Waals surface area (Å²) < 4.78 is 0. The molecular formula is C20H25N7. The van der Waals surface area contributed by atoms with Crippen molar-refractivity contribution in [2.45, 2.75) is 26.8 Å². The Morgan fingerprint density at radius 3 is 2.63 bits per heavy atom. The molecule has 0 saturated carbocycles. The molecule has 1 fully saturated rings. The van der Waals surface area contributed by atoms with E-state index in [4.69, 9.17) is 4.98 Å². The number of nitrogens with one attached hydrogen (secondary N) is 1. The van der Waals surface area contributed by atoms with Crippen LogP contribution in [0, 0.1) is 13.8 Å². The lowest BCUT2D eigenvalue weighted by atomic mass is 10.1. The fourth-order valence-corrected chi connectivity index (χ4v) is 3.27. The Bertz CT molecular complexity index is 972. The third kappa shape index (κ3) is 3.55. The molecule has 1 saturated heterocycles. The van der Waals surface area contributed by atoms with E-state index in [0.29, 0.717) is 29.0 Å². The number of fused-ring (bicyclic) bond motifs is 1. The predicted molar refractivity (Wildman–Crippen MR) is 109 cm³/mol. The molecule has 0 amide bonds. The summed E-state index contributed by atoms with van der Waals surface area (Å²) in [6.45, 7) is 9.22. The van der Waals surface area contributed by atoms with Gasteiger partial charge in [-0.05, 0) is 51.1 Å². The van der Waals surface area contributed by atoms with Crippen molar-refractivity contribution in [3.8, 4) is 0 Å². The van der Waals surface area contributed by atoms with Crippen molar-refractivity contribution in [2.24, 2.45) is 0 Å². The largest absolute Gasteiger partial charge is 0.338 e. The highest BCUT2D eigenvalue weighted by Crippen LogP contribution is 2.25. The molecule has 2 aromatic heterocycles. The van der Waals surface area contributed by atoms with Crippen molar-refractivity contribution in [1.82, 2.24) is 24.8 Å². The standard InChI is InChI=1S/C20H25N7/c1-13-5-6-16(11-14(13)2)23-19-17-18(22-8-7-21-17)24-20(25-19)27-10-9-26(4)15(3)12-27/h5-8,11,15H,9-10,12H2,1-4H3,(H,22,23,24,25)/t15-/m1/s1. The van der Waals surface area contributed by atoms with E-state index < -0.39 is 0 Å². The molecule has 0 unspecified atom stereocenters. The van der Waals surface area contributed by atoms with Gasteiger partial charge in [-0.2, -0.15) is 9.97 Å². The van der Waals surface area contributed by atoms with Crippen molar-refractivity contribution in [3.05, 3.63) is 41.7 Å². The number of likely N-dealkylation sites (N-methyl/N-ethyl adjacent to an activating group) is 1. The smallest absolute Gasteiger partial charge is 0.229 e. The zero-order valence-electron chi connectivity index (χ0n) is 16.3. The topological polar surface area (TPSA) is 70.1 Å². The third-order valence-corrected chi connectivity index (χ3v) is 5.33. The Hall–Kier alpha value is -2.80. The number of rotatable bonds is 3. The molecule has 1 aliphatic heterocycles. The number of anilines is 3. The lowest BCUT2D eigenvalue weighted by Gasteiger charge is -2.37. The van der Waals surface area contributed by atoms with Gasteiger partial charge in [-0.25, -0.2) is 9.97 Å². The average Bonchev–Trinajstić information content (AvgIpc) is 2.67. The highest BCUT2D eigenvalue weighted by atomic mass is 15.3. The maximum atomic E-state index is 4.81.